The van der Waals surface area contributed by atoms with Crippen LogP contribution >= 0.6 is 0 Å². The first-order valence-corrected chi connectivity index (χ1v) is 9.49. The number of carbonyl (C=O) groups excluding carboxylic acids is 4. The van der Waals surface area contributed by atoms with Gasteiger partial charge >= 0.3 is 6.03 Å². The Kier molecular flexibility index (Phi) is 6.16. The molecule has 1 heterocycles. The molecule has 0 bridgehead atoms. The van der Waals surface area contributed by atoms with Gasteiger partial charge in [0.2, 0.25) is 0 Å². The number of nitrogens with two attached hydrogens (primary N) is 1. The fraction of sp³-hybridized carbons (Fsp3) is 0.400. The van der Waals surface area contributed by atoms with Crippen molar-refractivity contribution in [2.24, 2.45) is 5.73 Å². The maximum atomic E-state index is 12.9. The third kappa shape index (κ3) is 4.56. The summed E-state index contributed by atoms with van der Waals surface area (Å²) in [5.41, 5.74) is 5.49. The van der Waals surface area contributed by atoms with E-state index in [1.54, 1.807) is 25.1 Å². The van der Waals surface area contributed by atoms with Crippen molar-refractivity contribution in [3.8, 4) is 11.5 Å². The number of hydrogen-bond acceptors (Lipinski definition) is 6. The maximum Gasteiger partial charge on any atom is 0.331 e. The van der Waals surface area contributed by atoms with Crippen LogP contribution < -0.4 is 20.5 Å². The third-order valence-corrected chi connectivity index (χ3v) is 4.77. The average molecular weight is 401 g/mol. The normalized spacial score (nSPS) is 18.9. The summed E-state index contributed by atoms with van der Waals surface area (Å²) >= 11 is 0. The molecular weight excluding hydrogens is 378 g/mol. The van der Waals surface area contributed by atoms with Gasteiger partial charge in [-0.3, -0.25) is 24.6 Å². The van der Waals surface area contributed by atoms with Crippen molar-refractivity contribution < 1.29 is 28.7 Å². The maximum absolute atomic E-state index is 12.9. The van der Waals surface area contributed by atoms with Crippen LogP contribution in [0.1, 0.15) is 38.2 Å². The fourth-order valence-corrected chi connectivity index (χ4v) is 3.48. The molecule has 0 radical (unpaired) electrons. The zero-order valence-corrected chi connectivity index (χ0v) is 16.1. The van der Waals surface area contributed by atoms with Gasteiger partial charge in [0.05, 0.1) is 6.61 Å². The molecule has 1 aromatic carbocycles. The van der Waals surface area contributed by atoms with Crippen LogP contribution in [-0.2, 0) is 14.4 Å². The first kappa shape index (κ1) is 20.4. The van der Waals surface area contributed by atoms with Crippen LogP contribution in [0.2, 0.25) is 0 Å². The Morgan fingerprint density at radius 1 is 1.21 bits per heavy atom. The molecule has 2 aliphatic rings. The summed E-state index contributed by atoms with van der Waals surface area (Å²) in [5, 5.41) is 2.24. The minimum Gasteiger partial charge on any atom is -0.490 e. The highest BCUT2D eigenvalue weighted by Crippen LogP contribution is 2.31. The van der Waals surface area contributed by atoms with Crippen molar-refractivity contribution in [2.75, 3.05) is 13.2 Å². The Balaban J connectivity index is 1.89. The quantitative estimate of drug-likeness (QED) is 0.524. The number of carbonyl (C=O) groups is 4. The summed E-state index contributed by atoms with van der Waals surface area (Å²) in [6, 6.07) is 3.90. The molecule has 2 fully saturated rings. The number of nitrogens with one attached hydrogen (secondary N) is 1. The predicted octanol–water partition coefficient (Wildman–Crippen LogP) is 1.35. The average Bonchev–Trinajstić information content (AvgIpc) is 3.18. The Labute approximate surface area is 167 Å². The first-order valence-electron chi connectivity index (χ1n) is 9.49. The summed E-state index contributed by atoms with van der Waals surface area (Å²) in [6.45, 7) is 1.82. The summed E-state index contributed by atoms with van der Waals surface area (Å²) < 4.78 is 10.8. The number of imide groups is 2. The number of hydrogen-bond donors (Lipinski definition) is 2. The van der Waals surface area contributed by atoms with Crippen LogP contribution in [0, 0.1) is 0 Å². The van der Waals surface area contributed by atoms with Gasteiger partial charge in [0.15, 0.2) is 18.1 Å². The zero-order valence-electron chi connectivity index (χ0n) is 16.1. The van der Waals surface area contributed by atoms with Crippen molar-refractivity contribution in [1.82, 2.24) is 10.2 Å². The van der Waals surface area contributed by atoms with Crippen molar-refractivity contribution in [2.45, 2.75) is 38.6 Å². The molecule has 29 heavy (non-hydrogen) atoms. The molecule has 3 N–H and O–H groups in total. The Hall–Kier alpha value is -3.36. The van der Waals surface area contributed by atoms with E-state index in [1.165, 1.54) is 6.08 Å². The molecule has 0 atom stereocenters. The van der Waals surface area contributed by atoms with Crippen molar-refractivity contribution in [3.05, 3.63) is 29.3 Å². The number of benzene rings is 1. The summed E-state index contributed by atoms with van der Waals surface area (Å²) in [6.07, 6.45) is 4.77. The van der Waals surface area contributed by atoms with Gasteiger partial charge in [-0.25, -0.2) is 4.79 Å². The van der Waals surface area contributed by atoms with Gasteiger partial charge in [-0.1, -0.05) is 18.9 Å². The lowest BCUT2D eigenvalue weighted by molar-refractivity contribution is -0.131. The van der Waals surface area contributed by atoms with Crippen molar-refractivity contribution in [3.63, 3.8) is 0 Å². The molecule has 1 aliphatic heterocycles. The molecule has 1 aliphatic carbocycles. The molecule has 1 aromatic rings. The highest BCUT2D eigenvalue weighted by Gasteiger charge is 2.40. The molecule has 5 amide bonds. The number of rotatable bonds is 7. The second-order valence-electron chi connectivity index (χ2n) is 6.82. The number of barbiturate groups is 1. The van der Waals surface area contributed by atoms with E-state index < -0.39 is 23.8 Å². The molecule has 1 saturated carbocycles. The van der Waals surface area contributed by atoms with E-state index in [4.69, 9.17) is 15.2 Å². The van der Waals surface area contributed by atoms with Crippen LogP contribution in [0.4, 0.5) is 4.79 Å². The minimum absolute atomic E-state index is 0.121. The summed E-state index contributed by atoms with van der Waals surface area (Å²) in [5.74, 6) is -1.30. The van der Waals surface area contributed by atoms with Crippen LogP contribution in [0.3, 0.4) is 0 Å². The van der Waals surface area contributed by atoms with E-state index in [0.29, 0.717) is 23.7 Å². The molecule has 1 saturated heterocycles. The molecular formula is C20H23N3O6. The van der Waals surface area contributed by atoms with E-state index >= 15 is 0 Å². The van der Waals surface area contributed by atoms with E-state index in [9.17, 15) is 19.2 Å². The Morgan fingerprint density at radius 2 is 1.93 bits per heavy atom. The SMILES string of the molecule is CCOc1cc(/C=C2\C(=O)NC(=O)N(C3CCCC3)C2=O)ccc1OCC(N)=O. The van der Waals surface area contributed by atoms with E-state index in [-0.39, 0.29) is 18.2 Å². The number of ether oxygens (including phenoxy) is 2. The van der Waals surface area contributed by atoms with Gasteiger partial charge in [-0.15, -0.1) is 0 Å². The molecule has 0 unspecified atom stereocenters. The predicted molar refractivity (Wildman–Crippen MR) is 103 cm³/mol. The number of nitrogens with zero attached hydrogens (tertiary/aromatic N) is 1. The second-order valence-corrected chi connectivity index (χ2v) is 6.82. The summed E-state index contributed by atoms with van der Waals surface area (Å²) in [7, 11) is 0. The molecule has 3 rings (SSSR count). The molecule has 9 heteroatoms. The molecule has 9 nitrogen and oxygen atoms in total. The Bertz CT molecular complexity index is 873. The van der Waals surface area contributed by atoms with Crippen LogP contribution in [0.15, 0.2) is 23.8 Å². The smallest absolute Gasteiger partial charge is 0.331 e. The van der Waals surface area contributed by atoms with E-state index in [1.807, 2.05) is 0 Å². The van der Waals surface area contributed by atoms with Gasteiger partial charge < -0.3 is 15.2 Å². The molecule has 154 valence electrons. The van der Waals surface area contributed by atoms with E-state index in [0.717, 1.165) is 30.6 Å². The zero-order chi connectivity index (χ0) is 21.0. The lowest BCUT2D eigenvalue weighted by Crippen LogP contribution is -2.57. The second kappa shape index (κ2) is 8.76. The van der Waals surface area contributed by atoms with Crippen LogP contribution in [0.25, 0.3) is 6.08 Å². The van der Waals surface area contributed by atoms with Gasteiger partial charge in [-0.05, 0) is 43.5 Å². The lowest BCUT2D eigenvalue weighted by atomic mass is 10.0. The van der Waals surface area contributed by atoms with Crippen LogP contribution in [0.5, 0.6) is 11.5 Å². The van der Waals surface area contributed by atoms with Crippen molar-refractivity contribution in [1.29, 1.82) is 0 Å². The number of urea groups is 1. The number of amides is 5. The molecule has 0 spiro atoms. The largest absolute Gasteiger partial charge is 0.490 e. The first-order chi connectivity index (χ1) is 13.9. The Morgan fingerprint density at radius 3 is 2.59 bits per heavy atom. The third-order valence-electron chi connectivity index (χ3n) is 4.77. The van der Waals surface area contributed by atoms with Gasteiger partial charge in [-0.2, -0.15) is 0 Å². The fourth-order valence-electron chi connectivity index (χ4n) is 3.48. The highest BCUT2D eigenvalue weighted by atomic mass is 16.5. The van der Waals surface area contributed by atoms with E-state index in [2.05, 4.69) is 5.32 Å². The van der Waals surface area contributed by atoms with Crippen molar-refractivity contribution >= 4 is 29.8 Å². The minimum atomic E-state index is -0.735. The van der Waals surface area contributed by atoms with Crippen LogP contribution in [-0.4, -0.2) is 47.9 Å². The van der Waals surface area contributed by atoms with Gasteiger partial charge in [0.1, 0.15) is 5.57 Å². The van der Waals surface area contributed by atoms with Gasteiger partial charge in [0, 0.05) is 6.04 Å². The lowest BCUT2D eigenvalue weighted by Gasteiger charge is -2.31. The number of primary amides is 1. The van der Waals surface area contributed by atoms with Gasteiger partial charge in [0.25, 0.3) is 17.7 Å². The molecule has 0 aromatic heterocycles. The standard InChI is InChI=1S/C20H23N3O6/c1-2-28-16-10-12(7-8-15(16)29-11-17(21)24)9-14-18(25)22-20(27)23(19(14)26)13-5-3-4-6-13/h7-10,13H,2-6,11H2,1H3,(H2,21,24)(H,22,25,27)/b14-9+. The monoisotopic (exact) mass is 401 g/mol. The highest BCUT2D eigenvalue weighted by molar-refractivity contribution is 6.31. The topological polar surface area (TPSA) is 128 Å². The summed E-state index contributed by atoms with van der Waals surface area (Å²) in [4.78, 5) is 49.4.